The van der Waals surface area contributed by atoms with Crippen molar-refractivity contribution in [2.24, 2.45) is 0 Å². The first-order chi connectivity index (χ1) is 10.5. The molecular weight excluding hydrogens is 329 g/mol. The quantitative estimate of drug-likeness (QED) is 0.679. The van der Waals surface area contributed by atoms with Crippen molar-refractivity contribution in [1.29, 1.82) is 0 Å². The van der Waals surface area contributed by atoms with Gasteiger partial charge in [-0.15, -0.1) is 10.2 Å². The van der Waals surface area contributed by atoms with E-state index < -0.39 is 5.91 Å². The van der Waals surface area contributed by atoms with E-state index >= 15 is 0 Å². The molecule has 2 amide bonds. The monoisotopic (exact) mass is 341 g/mol. The number of hydrogen-bond acceptors (Lipinski definition) is 7. The normalized spacial score (nSPS) is 10.2. The Labute approximate surface area is 133 Å². The predicted molar refractivity (Wildman–Crippen MR) is 83.1 cm³/mol. The second-order valence-corrected chi connectivity index (χ2v) is 6.26. The van der Waals surface area contributed by atoms with Crippen molar-refractivity contribution < 1.29 is 14.0 Å². The number of amides is 2. The summed E-state index contributed by atoms with van der Waals surface area (Å²) in [6.07, 6.45) is 0. The summed E-state index contributed by atoms with van der Waals surface area (Å²) in [4.78, 5) is 23.2. The molecule has 2 aromatic rings. The van der Waals surface area contributed by atoms with Crippen LogP contribution in [-0.2, 0) is 9.59 Å². The largest absolute Gasteiger partial charge is 0.374 e. The lowest BCUT2D eigenvalue weighted by Gasteiger charge is -2.06. The number of carbonyl (C=O) groups is 2. The predicted octanol–water partition coefficient (Wildman–Crippen LogP) is 1.11. The first-order valence-electron chi connectivity index (χ1n) is 6.07. The third kappa shape index (κ3) is 5.30. The number of aromatic nitrogens is 2. The minimum atomic E-state index is -0.398. The molecule has 0 aliphatic carbocycles. The molecule has 2 rings (SSSR count). The van der Waals surface area contributed by atoms with Gasteiger partial charge < -0.3 is 16.4 Å². The number of benzene rings is 1. The second-order valence-electron chi connectivity index (χ2n) is 4.03. The molecule has 1 aromatic carbocycles. The highest BCUT2D eigenvalue weighted by atomic mass is 32.2. The van der Waals surface area contributed by atoms with Gasteiger partial charge in [0.25, 0.3) is 0 Å². The highest BCUT2D eigenvalue weighted by Gasteiger charge is 2.09. The van der Waals surface area contributed by atoms with Gasteiger partial charge in [0.05, 0.1) is 12.3 Å². The molecule has 0 unspecified atom stereocenters. The van der Waals surface area contributed by atoms with Crippen molar-refractivity contribution in [3.05, 3.63) is 30.1 Å². The molecule has 0 radical (unpaired) electrons. The van der Waals surface area contributed by atoms with E-state index in [4.69, 9.17) is 5.73 Å². The number of nitrogen functional groups attached to an aromatic ring is 1. The van der Waals surface area contributed by atoms with Crippen LogP contribution in [0.5, 0.6) is 0 Å². The van der Waals surface area contributed by atoms with Crippen LogP contribution in [0.1, 0.15) is 0 Å². The number of carbonyl (C=O) groups excluding carboxylic acids is 2. The van der Waals surface area contributed by atoms with E-state index in [1.807, 2.05) is 0 Å². The summed E-state index contributed by atoms with van der Waals surface area (Å²) >= 11 is 2.37. The molecule has 0 aliphatic heterocycles. The van der Waals surface area contributed by atoms with E-state index in [2.05, 4.69) is 20.8 Å². The Bertz CT molecular complexity index is 662. The molecule has 116 valence electrons. The number of nitrogens with two attached hydrogens (primary N) is 1. The van der Waals surface area contributed by atoms with Gasteiger partial charge >= 0.3 is 0 Å². The van der Waals surface area contributed by atoms with Gasteiger partial charge in [0.1, 0.15) is 5.82 Å². The maximum Gasteiger partial charge on any atom is 0.243 e. The topological polar surface area (TPSA) is 110 Å². The molecule has 0 saturated heterocycles. The highest BCUT2D eigenvalue weighted by molar-refractivity contribution is 8.01. The summed E-state index contributed by atoms with van der Waals surface area (Å²) in [6, 6.07) is 5.34. The molecule has 4 N–H and O–H groups in total. The Balaban J connectivity index is 1.69. The Kier molecular flexibility index (Phi) is 5.67. The van der Waals surface area contributed by atoms with Gasteiger partial charge in [0.15, 0.2) is 4.34 Å². The fourth-order valence-corrected chi connectivity index (χ4v) is 2.84. The Morgan fingerprint density at radius 1 is 1.23 bits per heavy atom. The maximum atomic E-state index is 12.7. The molecule has 10 heteroatoms. The first kappa shape index (κ1) is 16.2. The summed E-state index contributed by atoms with van der Waals surface area (Å²) in [5.41, 5.74) is 5.88. The standard InChI is InChI=1S/C12H12FN5O2S2/c13-7-1-3-8(4-2-7)16-9(19)5-15-10(20)6-21-12-18-17-11(14)22-12/h1-4H,5-6H2,(H2,14,17)(H,15,20)(H,16,19). The van der Waals surface area contributed by atoms with Crippen LogP contribution in [0.3, 0.4) is 0 Å². The molecule has 1 heterocycles. The number of thioether (sulfide) groups is 1. The van der Waals surface area contributed by atoms with Gasteiger partial charge in [-0.3, -0.25) is 9.59 Å². The van der Waals surface area contributed by atoms with E-state index in [0.29, 0.717) is 15.2 Å². The molecule has 0 spiro atoms. The van der Waals surface area contributed by atoms with E-state index in [9.17, 15) is 14.0 Å². The van der Waals surface area contributed by atoms with Crippen LogP contribution in [0, 0.1) is 5.82 Å². The van der Waals surface area contributed by atoms with E-state index in [0.717, 1.165) is 0 Å². The number of hydrogen-bond donors (Lipinski definition) is 3. The number of halogens is 1. The second kappa shape index (κ2) is 7.71. The van der Waals surface area contributed by atoms with Crippen molar-refractivity contribution >= 4 is 45.7 Å². The van der Waals surface area contributed by atoms with Gasteiger partial charge in [0.2, 0.25) is 16.9 Å². The van der Waals surface area contributed by atoms with Gasteiger partial charge in [-0.2, -0.15) is 0 Å². The van der Waals surface area contributed by atoms with Crippen LogP contribution < -0.4 is 16.4 Å². The van der Waals surface area contributed by atoms with Crippen molar-refractivity contribution in [2.45, 2.75) is 4.34 Å². The Morgan fingerprint density at radius 2 is 1.95 bits per heavy atom. The lowest BCUT2D eigenvalue weighted by molar-refractivity contribution is -0.122. The average Bonchev–Trinajstić information content (AvgIpc) is 2.91. The molecule has 0 atom stereocenters. The molecule has 0 fully saturated rings. The van der Waals surface area contributed by atoms with E-state index in [1.165, 1.54) is 47.4 Å². The molecule has 0 bridgehead atoms. The zero-order chi connectivity index (χ0) is 15.9. The van der Waals surface area contributed by atoms with Crippen molar-refractivity contribution in [3.63, 3.8) is 0 Å². The number of nitrogens with zero attached hydrogens (tertiary/aromatic N) is 2. The zero-order valence-corrected chi connectivity index (χ0v) is 12.8. The van der Waals surface area contributed by atoms with Crippen molar-refractivity contribution in [3.8, 4) is 0 Å². The zero-order valence-electron chi connectivity index (χ0n) is 11.2. The summed E-state index contributed by atoms with van der Waals surface area (Å²) in [6.45, 7) is -0.172. The molecular formula is C12H12FN5O2S2. The Hall–Kier alpha value is -2.20. The summed E-state index contributed by atoms with van der Waals surface area (Å²) in [7, 11) is 0. The van der Waals surface area contributed by atoms with Gasteiger partial charge in [-0.1, -0.05) is 23.1 Å². The smallest absolute Gasteiger partial charge is 0.243 e. The van der Waals surface area contributed by atoms with Crippen LogP contribution >= 0.6 is 23.1 Å². The number of anilines is 2. The first-order valence-corrected chi connectivity index (χ1v) is 7.87. The van der Waals surface area contributed by atoms with Crippen LogP contribution in [0.25, 0.3) is 0 Å². The third-order valence-corrected chi connectivity index (χ3v) is 4.21. The van der Waals surface area contributed by atoms with Gasteiger partial charge in [-0.25, -0.2) is 4.39 Å². The van der Waals surface area contributed by atoms with Crippen molar-refractivity contribution in [2.75, 3.05) is 23.3 Å². The molecule has 0 saturated carbocycles. The summed E-state index contributed by atoms with van der Waals surface area (Å²) in [5, 5.41) is 12.7. The average molecular weight is 341 g/mol. The van der Waals surface area contributed by atoms with Crippen LogP contribution in [0.15, 0.2) is 28.6 Å². The summed E-state index contributed by atoms with van der Waals surface area (Å²) in [5.74, 6) is -0.989. The molecule has 7 nitrogen and oxygen atoms in total. The molecule has 1 aromatic heterocycles. The number of rotatable bonds is 6. The highest BCUT2D eigenvalue weighted by Crippen LogP contribution is 2.22. The van der Waals surface area contributed by atoms with Crippen LogP contribution in [-0.4, -0.2) is 34.3 Å². The van der Waals surface area contributed by atoms with E-state index in [-0.39, 0.29) is 24.0 Å². The number of nitrogens with one attached hydrogen (secondary N) is 2. The fourth-order valence-electron chi connectivity index (χ4n) is 1.37. The van der Waals surface area contributed by atoms with Crippen molar-refractivity contribution in [1.82, 2.24) is 15.5 Å². The lowest BCUT2D eigenvalue weighted by Crippen LogP contribution is -2.33. The third-order valence-electron chi connectivity index (χ3n) is 2.32. The molecule has 0 aliphatic rings. The fraction of sp³-hybridized carbons (Fsp3) is 0.167. The SMILES string of the molecule is Nc1nnc(SCC(=O)NCC(=O)Nc2ccc(F)cc2)s1. The van der Waals surface area contributed by atoms with Gasteiger partial charge in [-0.05, 0) is 24.3 Å². The molecule has 22 heavy (non-hydrogen) atoms. The minimum Gasteiger partial charge on any atom is -0.374 e. The maximum absolute atomic E-state index is 12.7. The Morgan fingerprint density at radius 3 is 2.59 bits per heavy atom. The minimum absolute atomic E-state index is 0.110. The lowest BCUT2D eigenvalue weighted by atomic mass is 10.3. The van der Waals surface area contributed by atoms with E-state index in [1.54, 1.807) is 0 Å². The van der Waals surface area contributed by atoms with Crippen LogP contribution in [0.4, 0.5) is 15.2 Å². The van der Waals surface area contributed by atoms with Crippen LogP contribution in [0.2, 0.25) is 0 Å². The van der Waals surface area contributed by atoms with Gasteiger partial charge in [0, 0.05) is 5.69 Å². The summed E-state index contributed by atoms with van der Waals surface area (Å²) < 4.78 is 13.3.